The van der Waals surface area contributed by atoms with Gasteiger partial charge in [0, 0.05) is 12.5 Å². The summed E-state index contributed by atoms with van der Waals surface area (Å²) < 4.78 is 30.6. The van der Waals surface area contributed by atoms with Crippen molar-refractivity contribution in [3.63, 3.8) is 0 Å². The Hall–Kier alpha value is -2.35. The molecule has 7 nitrogen and oxygen atoms in total. The minimum absolute atomic E-state index is 0.0712. The van der Waals surface area contributed by atoms with Crippen LogP contribution in [0, 0.1) is 6.92 Å². The van der Waals surface area contributed by atoms with Crippen LogP contribution in [0.5, 0.6) is 5.75 Å². The maximum absolute atomic E-state index is 12.5. The molecule has 2 aliphatic heterocycles. The van der Waals surface area contributed by atoms with Crippen molar-refractivity contribution in [1.29, 1.82) is 0 Å². The first-order valence-electron chi connectivity index (χ1n) is 8.71. The normalized spacial score (nSPS) is 20.6. The van der Waals surface area contributed by atoms with Crippen molar-refractivity contribution < 1.29 is 17.9 Å². The van der Waals surface area contributed by atoms with Crippen LogP contribution in [0.15, 0.2) is 24.3 Å². The molecule has 0 radical (unpaired) electrons. The molecular formula is C18H21N3O4S. The minimum atomic E-state index is -3.02. The number of rotatable bonds is 4. The third-order valence-corrected chi connectivity index (χ3v) is 6.55. The monoisotopic (exact) mass is 375 g/mol. The average Bonchev–Trinajstić information content (AvgIpc) is 3.25. The van der Waals surface area contributed by atoms with Crippen molar-refractivity contribution in [1.82, 2.24) is 9.78 Å². The van der Waals surface area contributed by atoms with Gasteiger partial charge in [0.05, 0.1) is 36.3 Å². The molecule has 0 bridgehead atoms. The van der Waals surface area contributed by atoms with E-state index in [9.17, 15) is 13.2 Å². The summed E-state index contributed by atoms with van der Waals surface area (Å²) >= 11 is 0. The van der Waals surface area contributed by atoms with Gasteiger partial charge >= 0.3 is 0 Å². The van der Waals surface area contributed by atoms with Crippen LogP contribution in [0.25, 0.3) is 0 Å². The Morgan fingerprint density at radius 2 is 2.23 bits per heavy atom. The molecule has 0 aliphatic carbocycles. The van der Waals surface area contributed by atoms with Crippen LogP contribution in [-0.4, -0.2) is 42.2 Å². The van der Waals surface area contributed by atoms with Crippen molar-refractivity contribution in [3.05, 3.63) is 41.1 Å². The molecule has 1 unspecified atom stereocenters. The summed E-state index contributed by atoms with van der Waals surface area (Å²) in [4.78, 5) is 12.5. The number of fused-ring (bicyclic) bond motifs is 1. The fraction of sp³-hybridized carbons (Fsp3) is 0.444. The number of hydrogen-bond donors (Lipinski definition) is 1. The zero-order chi connectivity index (χ0) is 18.3. The smallest absolute Gasteiger partial charge is 0.229 e. The lowest BCUT2D eigenvalue weighted by Crippen LogP contribution is -2.20. The number of aryl methyl sites for hydroxylation is 1. The van der Waals surface area contributed by atoms with Crippen molar-refractivity contribution in [3.8, 4) is 5.75 Å². The molecule has 1 aromatic heterocycles. The summed E-state index contributed by atoms with van der Waals surface area (Å²) in [5.41, 5.74) is 2.81. The predicted octanol–water partition coefficient (Wildman–Crippen LogP) is 1.67. The Kier molecular flexibility index (Phi) is 4.22. The number of carbonyl (C=O) groups is 1. The molecule has 3 heterocycles. The number of carbonyl (C=O) groups excluding carboxylic acids is 1. The van der Waals surface area contributed by atoms with E-state index in [1.165, 1.54) is 0 Å². The van der Waals surface area contributed by atoms with E-state index in [0.29, 0.717) is 18.8 Å². The fourth-order valence-corrected chi connectivity index (χ4v) is 5.27. The Balaban J connectivity index is 1.48. The number of benzene rings is 1. The van der Waals surface area contributed by atoms with Crippen LogP contribution < -0.4 is 10.1 Å². The van der Waals surface area contributed by atoms with E-state index in [-0.39, 0.29) is 29.9 Å². The molecule has 1 N–H and O–H groups in total. The lowest BCUT2D eigenvalue weighted by Gasteiger charge is -2.14. The first-order valence-corrected chi connectivity index (χ1v) is 10.5. The second kappa shape index (κ2) is 6.42. The van der Waals surface area contributed by atoms with Gasteiger partial charge in [-0.1, -0.05) is 12.1 Å². The van der Waals surface area contributed by atoms with Crippen LogP contribution in [-0.2, 0) is 27.5 Å². The Morgan fingerprint density at radius 3 is 3.00 bits per heavy atom. The van der Waals surface area contributed by atoms with Crippen LogP contribution >= 0.6 is 0 Å². The molecular weight excluding hydrogens is 354 g/mol. The maximum Gasteiger partial charge on any atom is 0.229 e. The van der Waals surface area contributed by atoms with E-state index >= 15 is 0 Å². The largest absolute Gasteiger partial charge is 0.493 e. The molecule has 2 aliphatic rings. The summed E-state index contributed by atoms with van der Waals surface area (Å²) in [7, 11) is -3.02. The molecule has 8 heteroatoms. The second-order valence-corrected chi connectivity index (χ2v) is 9.17. The van der Waals surface area contributed by atoms with Gasteiger partial charge in [0.15, 0.2) is 9.84 Å². The van der Waals surface area contributed by atoms with Crippen LogP contribution in [0.3, 0.4) is 0 Å². The van der Waals surface area contributed by atoms with Crippen LogP contribution in [0.1, 0.15) is 29.3 Å². The van der Waals surface area contributed by atoms with E-state index < -0.39 is 9.84 Å². The van der Waals surface area contributed by atoms with Crippen molar-refractivity contribution in [2.24, 2.45) is 0 Å². The first kappa shape index (κ1) is 17.1. The van der Waals surface area contributed by atoms with Gasteiger partial charge in [0.2, 0.25) is 5.91 Å². The van der Waals surface area contributed by atoms with Crippen molar-refractivity contribution in [2.45, 2.75) is 32.2 Å². The van der Waals surface area contributed by atoms with Crippen LogP contribution in [0.4, 0.5) is 5.82 Å². The molecule has 0 saturated carbocycles. The number of nitrogens with zero attached hydrogens (tertiary/aromatic N) is 2. The molecule has 1 amide bonds. The van der Waals surface area contributed by atoms with Crippen LogP contribution in [0.2, 0.25) is 0 Å². The second-order valence-electron chi connectivity index (χ2n) is 6.94. The number of aromatic nitrogens is 2. The molecule has 1 atom stereocenters. The molecule has 4 rings (SSSR count). The van der Waals surface area contributed by atoms with Gasteiger partial charge in [-0.15, -0.1) is 0 Å². The quantitative estimate of drug-likeness (QED) is 0.878. The SMILES string of the molecule is Cc1cc(NC(=O)Cc2ccc3c(c2)CCO3)n(C2CCS(=O)(=O)C2)n1. The summed E-state index contributed by atoms with van der Waals surface area (Å²) in [5, 5.41) is 7.27. The molecule has 0 spiro atoms. The highest BCUT2D eigenvalue weighted by Gasteiger charge is 2.31. The zero-order valence-corrected chi connectivity index (χ0v) is 15.4. The molecule has 2 aromatic rings. The molecule has 138 valence electrons. The van der Waals surface area contributed by atoms with Gasteiger partial charge in [0.25, 0.3) is 0 Å². The lowest BCUT2D eigenvalue weighted by molar-refractivity contribution is -0.115. The number of nitrogens with one attached hydrogen (secondary N) is 1. The molecule has 26 heavy (non-hydrogen) atoms. The van der Waals surface area contributed by atoms with Gasteiger partial charge in [-0.2, -0.15) is 5.10 Å². The summed E-state index contributed by atoms with van der Waals surface area (Å²) in [6.45, 7) is 2.52. The summed E-state index contributed by atoms with van der Waals surface area (Å²) in [5.74, 6) is 1.54. The van der Waals surface area contributed by atoms with E-state index in [4.69, 9.17) is 4.74 Å². The average molecular weight is 375 g/mol. The standard InChI is InChI=1S/C18H21N3O4S/c1-12-8-17(21(20-12)15-5-7-26(23,24)11-15)19-18(22)10-13-2-3-16-14(9-13)4-6-25-16/h2-3,8-9,15H,4-7,10-11H2,1H3,(H,19,22). The summed E-state index contributed by atoms with van der Waals surface area (Å²) in [6, 6.07) is 7.37. The van der Waals surface area contributed by atoms with Gasteiger partial charge < -0.3 is 10.1 Å². The maximum atomic E-state index is 12.5. The van der Waals surface area contributed by atoms with Gasteiger partial charge in [-0.25, -0.2) is 13.1 Å². The van der Waals surface area contributed by atoms with Gasteiger partial charge in [0.1, 0.15) is 11.6 Å². The molecule has 1 saturated heterocycles. The fourth-order valence-electron chi connectivity index (χ4n) is 3.58. The minimum Gasteiger partial charge on any atom is -0.493 e. The number of anilines is 1. The van der Waals surface area contributed by atoms with Gasteiger partial charge in [-0.05, 0) is 30.5 Å². The Morgan fingerprint density at radius 1 is 1.38 bits per heavy atom. The number of sulfone groups is 1. The Bertz CT molecular complexity index is 965. The highest BCUT2D eigenvalue weighted by atomic mass is 32.2. The van der Waals surface area contributed by atoms with Crippen molar-refractivity contribution in [2.75, 3.05) is 23.4 Å². The predicted molar refractivity (Wildman–Crippen MR) is 97.2 cm³/mol. The number of amides is 1. The van der Waals surface area contributed by atoms with E-state index in [1.807, 2.05) is 25.1 Å². The van der Waals surface area contributed by atoms with E-state index in [0.717, 1.165) is 29.0 Å². The topological polar surface area (TPSA) is 90.3 Å². The highest BCUT2D eigenvalue weighted by molar-refractivity contribution is 7.91. The summed E-state index contributed by atoms with van der Waals surface area (Å²) in [6.07, 6.45) is 1.64. The lowest BCUT2D eigenvalue weighted by atomic mass is 10.1. The van der Waals surface area contributed by atoms with Gasteiger partial charge in [-0.3, -0.25) is 4.79 Å². The molecule has 1 aromatic carbocycles. The first-order chi connectivity index (χ1) is 12.4. The third kappa shape index (κ3) is 3.46. The third-order valence-electron chi connectivity index (χ3n) is 4.80. The van der Waals surface area contributed by atoms with Crippen molar-refractivity contribution >= 4 is 21.6 Å². The number of hydrogen-bond acceptors (Lipinski definition) is 5. The Labute approximate surface area is 152 Å². The number of ether oxygens (including phenoxy) is 1. The van der Waals surface area contributed by atoms with E-state index in [1.54, 1.807) is 10.7 Å². The highest BCUT2D eigenvalue weighted by Crippen LogP contribution is 2.28. The zero-order valence-electron chi connectivity index (χ0n) is 14.6. The molecule has 1 fully saturated rings. The van der Waals surface area contributed by atoms with E-state index in [2.05, 4.69) is 10.4 Å².